The predicted octanol–water partition coefficient (Wildman–Crippen LogP) is 2.84. The number of hydrogen-bond donors (Lipinski definition) is 3. The standard InChI is InChI=1S/C18H31NO2.C2H2O4/c1-14(2)19-9-10-20-11-12-21-17-13-15(3)7-8-16(17)18(4,5)6;3-1(4)2(5)6/h7-8,13-14,19H,9-12H2,1-6H3;(H,3,4)(H,5,6). The van der Waals surface area contributed by atoms with Gasteiger partial charge in [-0.1, -0.05) is 46.8 Å². The highest BCUT2D eigenvalue weighted by atomic mass is 16.5. The first-order valence-corrected chi connectivity index (χ1v) is 8.96. The summed E-state index contributed by atoms with van der Waals surface area (Å²) in [5.41, 5.74) is 2.56. The van der Waals surface area contributed by atoms with Crippen molar-refractivity contribution < 1.29 is 29.3 Å². The number of carboxylic acids is 2. The Bertz CT molecular complexity index is 581. The van der Waals surface area contributed by atoms with E-state index < -0.39 is 11.9 Å². The van der Waals surface area contributed by atoms with Crippen LogP contribution in [0.5, 0.6) is 5.75 Å². The van der Waals surface area contributed by atoms with Crippen LogP contribution in [0.1, 0.15) is 45.7 Å². The lowest BCUT2D eigenvalue weighted by Crippen LogP contribution is -2.27. The molecule has 0 unspecified atom stereocenters. The van der Waals surface area contributed by atoms with Crippen LogP contribution >= 0.6 is 0 Å². The summed E-state index contributed by atoms with van der Waals surface area (Å²) in [6.45, 7) is 15.8. The third-order valence-electron chi connectivity index (χ3n) is 3.41. The highest BCUT2D eigenvalue weighted by molar-refractivity contribution is 6.27. The maximum absolute atomic E-state index is 9.10. The van der Waals surface area contributed by atoms with Crippen LogP contribution in [0.2, 0.25) is 0 Å². The number of hydrogen-bond acceptors (Lipinski definition) is 5. The Morgan fingerprint density at radius 2 is 1.67 bits per heavy atom. The Labute approximate surface area is 161 Å². The van der Waals surface area contributed by atoms with Gasteiger partial charge in [-0.25, -0.2) is 9.59 Å². The van der Waals surface area contributed by atoms with E-state index in [-0.39, 0.29) is 5.41 Å². The monoisotopic (exact) mass is 383 g/mol. The number of carboxylic acid groups (broad SMARTS) is 2. The molecule has 1 rings (SSSR count). The van der Waals surface area contributed by atoms with Crippen LogP contribution in [-0.2, 0) is 19.7 Å². The van der Waals surface area contributed by atoms with Gasteiger partial charge in [-0.2, -0.15) is 0 Å². The number of aliphatic carboxylic acids is 2. The molecule has 0 aliphatic carbocycles. The number of carbonyl (C=O) groups is 2. The number of ether oxygens (including phenoxy) is 2. The fourth-order valence-corrected chi connectivity index (χ4v) is 2.10. The van der Waals surface area contributed by atoms with Gasteiger partial charge in [-0.05, 0) is 29.5 Å². The smallest absolute Gasteiger partial charge is 0.414 e. The van der Waals surface area contributed by atoms with Crippen molar-refractivity contribution in [3.05, 3.63) is 29.3 Å². The first kappa shape index (κ1) is 24.9. The van der Waals surface area contributed by atoms with Crippen LogP contribution in [0, 0.1) is 6.92 Å². The fourth-order valence-electron chi connectivity index (χ4n) is 2.10. The minimum atomic E-state index is -1.82. The second-order valence-corrected chi connectivity index (χ2v) is 7.43. The van der Waals surface area contributed by atoms with E-state index in [1.807, 2.05) is 0 Å². The molecule has 0 aliphatic heterocycles. The summed E-state index contributed by atoms with van der Waals surface area (Å²) in [7, 11) is 0. The number of aryl methyl sites for hydroxylation is 1. The lowest BCUT2D eigenvalue weighted by Gasteiger charge is -2.23. The highest BCUT2D eigenvalue weighted by Gasteiger charge is 2.18. The van der Waals surface area contributed by atoms with E-state index in [4.69, 9.17) is 29.3 Å². The molecule has 7 heteroatoms. The van der Waals surface area contributed by atoms with Crippen molar-refractivity contribution in [2.45, 2.75) is 53.0 Å². The van der Waals surface area contributed by atoms with Crippen LogP contribution < -0.4 is 10.1 Å². The highest BCUT2D eigenvalue weighted by Crippen LogP contribution is 2.31. The van der Waals surface area contributed by atoms with Crippen LogP contribution in [0.25, 0.3) is 0 Å². The van der Waals surface area contributed by atoms with Gasteiger partial charge in [0.05, 0.1) is 13.2 Å². The Kier molecular flexibility index (Phi) is 11.3. The first-order valence-electron chi connectivity index (χ1n) is 8.96. The van der Waals surface area contributed by atoms with Crippen molar-refractivity contribution in [2.24, 2.45) is 0 Å². The van der Waals surface area contributed by atoms with Crippen molar-refractivity contribution >= 4 is 11.9 Å². The van der Waals surface area contributed by atoms with E-state index in [0.29, 0.717) is 19.3 Å². The summed E-state index contributed by atoms with van der Waals surface area (Å²) in [5, 5.41) is 18.1. The Balaban J connectivity index is 0.000000972. The average Bonchev–Trinajstić information content (AvgIpc) is 2.53. The quantitative estimate of drug-likeness (QED) is 0.468. The van der Waals surface area contributed by atoms with Gasteiger partial charge in [-0.3, -0.25) is 0 Å². The molecule has 7 nitrogen and oxygen atoms in total. The van der Waals surface area contributed by atoms with Crippen molar-refractivity contribution in [3.8, 4) is 5.75 Å². The molecule has 27 heavy (non-hydrogen) atoms. The molecule has 0 heterocycles. The third kappa shape index (κ3) is 12.0. The summed E-state index contributed by atoms with van der Waals surface area (Å²) < 4.78 is 11.5. The zero-order valence-electron chi connectivity index (χ0n) is 17.2. The molecular formula is C20H33NO6. The molecule has 0 aliphatic rings. The molecule has 0 atom stereocenters. The second-order valence-electron chi connectivity index (χ2n) is 7.43. The zero-order valence-corrected chi connectivity index (χ0v) is 17.2. The van der Waals surface area contributed by atoms with Gasteiger partial charge in [0.25, 0.3) is 0 Å². The summed E-state index contributed by atoms with van der Waals surface area (Å²) >= 11 is 0. The van der Waals surface area contributed by atoms with Crippen LogP contribution in [0.15, 0.2) is 18.2 Å². The van der Waals surface area contributed by atoms with Crippen LogP contribution in [-0.4, -0.2) is 54.6 Å². The van der Waals surface area contributed by atoms with E-state index >= 15 is 0 Å². The van der Waals surface area contributed by atoms with E-state index in [1.165, 1.54) is 11.1 Å². The molecule has 1 aromatic rings. The van der Waals surface area contributed by atoms with Gasteiger partial charge in [0.1, 0.15) is 12.4 Å². The summed E-state index contributed by atoms with van der Waals surface area (Å²) in [6.07, 6.45) is 0. The Morgan fingerprint density at radius 3 is 2.15 bits per heavy atom. The Hall–Kier alpha value is -2.12. The summed E-state index contributed by atoms with van der Waals surface area (Å²) in [6, 6.07) is 6.92. The molecule has 0 saturated heterocycles. The number of rotatable bonds is 8. The van der Waals surface area contributed by atoms with E-state index in [9.17, 15) is 0 Å². The normalized spacial score (nSPS) is 10.9. The molecule has 0 spiro atoms. The largest absolute Gasteiger partial charge is 0.491 e. The maximum Gasteiger partial charge on any atom is 0.414 e. The first-order chi connectivity index (χ1) is 12.4. The molecule has 1 aromatic carbocycles. The average molecular weight is 383 g/mol. The van der Waals surface area contributed by atoms with Crippen molar-refractivity contribution in [1.29, 1.82) is 0 Å². The minimum absolute atomic E-state index is 0.0884. The number of benzene rings is 1. The van der Waals surface area contributed by atoms with E-state index in [0.717, 1.165) is 18.9 Å². The van der Waals surface area contributed by atoms with Gasteiger partial charge >= 0.3 is 11.9 Å². The maximum atomic E-state index is 9.10. The molecule has 3 N–H and O–H groups in total. The molecule has 154 valence electrons. The third-order valence-corrected chi connectivity index (χ3v) is 3.41. The van der Waals surface area contributed by atoms with Gasteiger partial charge in [0, 0.05) is 12.6 Å². The second kappa shape index (κ2) is 12.3. The molecule has 0 bridgehead atoms. The predicted molar refractivity (Wildman–Crippen MR) is 105 cm³/mol. The van der Waals surface area contributed by atoms with Gasteiger partial charge < -0.3 is 25.0 Å². The molecule has 0 saturated carbocycles. The van der Waals surface area contributed by atoms with Crippen LogP contribution in [0.4, 0.5) is 0 Å². The Morgan fingerprint density at radius 1 is 1.07 bits per heavy atom. The summed E-state index contributed by atoms with van der Waals surface area (Å²) in [4.78, 5) is 18.2. The lowest BCUT2D eigenvalue weighted by molar-refractivity contribution is -0.159. The molecule has 0 aromatic heterocycles. The fraction of sp³-hybridized carbons (Fsp3) is 0.600. The molecular weight excluding hydrogens is 350 g/mol. The minimum Gasteiger partial charge on any atom is -0.491 e. The zero-order chi connectivity index (χ0) is 21.0. The SMILES string of the molecule is Cc1ccc(C(C)(C)C)c(OCCOCCNC(C)C)c1.O=C(O)C(=O)O. The van der Waals surface area contributed by atoms with Gasteiger partial charge in [-0.15, -0.1) is 0 Å². The van der Waals surface area contributed by atoms with Gasteiger partial charge in [0.2, 0.25) is 0 Å². The topological polar surface area (TPSA) is 105 Å². The van der Waals surface area contributed by atoms with E-state index in [2.05, 4.69) is 65.1 Å². The molecule has 0 amide bonds. The van der Waals surface area contributed by atoms with Crippen molar-refractivity contribution in [1.82, 2.24) is 5.32 Å². The molecule has 0 fully saturated rings. The number of nitrogens with one attached hydrogen (secondary N) is 1. The summed E-state index contributed by atoms with van der Waals surface area (Å²) in [5.74, 6) is -2.67. The van der Waals surface area contributed by atoms with Gasteiger partial charge in [0.15, 0.2) is 0 Å². The lowest BCUT2D eigenvalue weighted by atomic mass is 9.86. The van der Waals surface area contributed by atoms with Crippen molar-refractivity contribution in [3.63, 3.8) is 0 Å². The van der Waals surface area contributed by atoms with Crippen molar-refractivity contribution in [2.75, 3.05) is 26.4 Å². The van der Waals surface area contributed by atoms with Crippen LogP contribution in [0.3, 0.4) is 0 Å². The molecule has 0 radical (unpaired) electrons. The van der Waals surface area contributed by atoms with E-state index in [1.54, 1.807) is 0 Å².